The Morgan fingerprint density at radius 2 is 1.96 bits per heavy atom. The van der Waals surface area contributed by atoms with Crippen molar-refractivity contribution in [2.45, 2.75) is 25.9 Å². The molecule has 0 aliphatic carbocycles. The Hall–Kier alpha value is -2.37. The molecule has 6 heteroatoms. The third-order valence-electron chi connectivity index (χ3n) is 5.05. The van der Waals surface area contributed by atoms with Crippen LogP contribution in [0.2, 0.25) is 5.02 Å². The van der Waals surface area contributed by atoms with Gasteiger partial charge in [0, 0.05) is 51.1 Å². The molecule has 0 spiro atoms. The van der Waals surface area contributed by atoms with Crippen LogP contribution in [0.15, 0.2) is 54.6 Å². The van der Waals surface area contributed by atoms with Crippen molar-refractivity contribution in [3.63, 3.8) is 0 Å². The van der Waals surface area contributed by atoms with E-state index in [4.69, 9.17) is 11.6 Å². The summed E-state index contributed by atoms with van der Waals surface area (Å²) in [6.07, 6.45) is 0.309. The first-order valence-electron chi connectivity index (χ1n) is 9.59. The van der Waals surface area contributed by atoms with Gasteiger partial charge in [-0.25, -0.2) is 0 Å². The molecule has 0 saturated carbocycles. The smallest absolute Gasteiger partial charge is 0.224 e. The summed E-state index contributed by atoms with van der Waals surface area (Å²) < 4.78 is 0. The van der Waals surface area contributed by atoms with Crippen LogP contribution in [-0.4, -0.2) is 47.8 Å². The van der Waals surface area contributed by atoms with Crippen LogP contribution < -0.4 is 5.32 Å². The molecule has 0 radical (unpaired) electrons. The van der Waals surface area contributed by atoms with Gasteiger partial charge in [0.2, 0.25) is 11.8 Å². The highest BCUT2D eigenvalue weighted by Crippen LogP contribution is 2.25. The molecule has 28 heavy (non-hydrogen) atoms. The summed E-state index contributed by atoms with van der Waals surface area (Å²) in [7, 11) is 0. The second kappa shape index (κ2) is 9.71. The maximum atomic E-state index is 13.0. The number of nitrogens with one attached hydrogen (secondary N) is 1. The quantitative estimate of drug-likeness (QED) is 0.811. The first-order chi connectivity index (χ1) is 13.5. The van der Waals surface area contributed by atoms with E-state index in [-0.39, 0.29) is 17.9 Å². The third kappa shape index (κ3) is 5.33. The second-order valence-corrected chi connectivity index (χ2v) is 7.47. The minimum absolute atomic E-state index is 0.0247. The van der Waals surface area contributed by atoms with Gasteiger partial charge in [0.15, 0.2) is 0 Å². The third-order valence-corrected chi connectivity index (χ3v) is 5.29. The van der Waals surface area contributed by atoms with Crippen molar-refractivity contribution in [3.05, 3.63) is 70.7 Å². The molecule has 1 heterocycles. The Morgan fingerprint density at radius 1 is 1.18 bits per heavy atom. The molecule has 3 rings (SSSR count). The van der Waals surface area contributed by atoms with Gasteiger partial charge in [0.1, 0.15) is 0 Å². The molecule has 1 N–H and O–H groups in total. The van der Waals surface area contributed by atoms with Crippen LogP contribution in [-0.2, 0) is 16.1 Å². The van der Waals surface area contributed by atoms with E-state index in [1.807, 2.05) is 59.5 Å². The van der Waals surface area contributed by atoms with Gasteiger partial charge in [-0.3, -0.25) is 9.59 Å². The van der Waals surface area contributed by atoms with Gasteiger partial charge in [-0.05, 0) is 23.3 Å². The number of hydrogen-bond acceptors (Lipinski definition) is 3. The molecule has 2 amide bonds. The summed E-state index contributed by atoms with van der Waals surface area (Å²) in [5.41, 5.74) is 2.09. The normalized spacial score (nSPS) is 16.6. The predicted octanol–water partition coefficient (Wildman–Crippen LogP) is 3.25. The second-order valence-electron chi connectivity index (χ2n) is 7.04. The van der Waals surface area contributed by atoms with Crippen molar-refractivity contribution in [1.82, 2.24) is 15.1 Å². The lowest BCUT2D eigenvalue weighted by Gasteiger charge is -2.37. The zero-order valence-electron chi connectivity index (χ0n) is 16.1. The fraction of sp³-hybridized carbons (Fsp3) is 0.364. The van der Waals surface area contributed by atoms with Crippen molar-refractivity contribution in [2.24, 2.45) is 0 Å². The molecule has 1 atom stereocenters. The molecule has 1 fully saturated rings. The van der Waals surface area contributed by atoms with Gasteiger partial charge in [-0.2, -0.15) is 0 Å². The summed E-state index contributed by atoms with van der Waals surface area (Å²) in [6.45, 7) is 4.59. The van der Waals surface area contributed by atoms with Gasteiger partial charge in [0.05, 0.1) is 6.04 Å². The van der Waals surface area contributed by atoms with E-state index in [0.29, 0.717) is 37.6 Å². The van der Waals surface area contributed by atoms with E-state index in [1.165, 1.54) is 0 Å². The van der Waals surface area contributed by atoms with Crippen molar-refractivity contribution >= 4 is 23.4 Å². The number of carbonyl (C=O) groups excluding carboxylic acids is 2. The molecule has 2 aromatic carbocycles. The Bertz CT molecular complexity index is 812. The van der Waals surface area contributed by atoms with E-state index >= 15 is 0 Å². The summed E-state index contributed by atoms with van der Waals surface area (Å²) >= 11 is 6.14. The molecule has 1 saturated heterocycles. The first kappa shape index (κ1) is 20.4. The highest BCUT2D eigenvalue weighted by atomic mass is 35.5. The largest absolute Gasteiger partial charge is 0.338 e. The Balaban J connectivity index is 1.65. The van der Waals surface area contributed by atoms with E-state index in [1.54, 1.807) is 11.8 Å². The van der Waals surface area contributed by atoms with Gasteiger partial charge >= 0.3 is 0 Å². The van der Waals surface area contributed by atoms with E-state index in [9.17, 15) is 9.59 Å². The van der Waals surface area contributed by atoms with E-state index in [0.717, 1.165) is 17.7 Å². The molecular weight excluding hydrogens is 374 g/mol. The van der Waals surface area contributed by atoms with Gasteiger partial charge < -0.3 is 15.1 Å². The molecular formula is C22H26ClN3O2. The highest BCUT2D eigenvalue weighted by Gasteiger charge is 2.28. The van der Waals surface area contributed by atoms with Crippen LogP contribution >= 0.6 is 11.6 Å². The summed E-state index contributed by atoms with van der Waals surface area (Å²) in [5.74, 6) is 0.0362. The number of hydrogen-bond donors (Lipinski definition) is 1. The van der Waals surface area contributed by atoms with E-state index < -0.39 is 0 Å². The number of nitrogens with zero attached hydrogens (tertiary/aromatic N) is 2. The summed E-state index contributed by atoms with van der Waals surface area (Å²) in [5, 5.41) is 4.02. The fourth-order valence-corrected chi connectivity index (χ4v) is 3.74. The van der Waals surface area contributed by atoms with E-state index in [2.05, 4.69) is 5.32 Å². The molecule has 2 aromatic rings. The fourth-order valence-electron chi connectivity index (χ4n) is 3.54. The SMILES string of the molecule is CC(=O)N(CCC(=O)N1CCNCC1c1cccc(Cl)c1)Cc1ccccc1. The van der Waals surface area contributed by atoms with Gasteiger partial charge in [-0.1, -0.05) is 54.1 Å². The number of halogens is 1. The maximum Gasteiger partial charge on any atom is 0.224 e. The Labute approximate surface area is 171 Å². The number of rotatable bonds is 6. The van der Waals surface area contributed by atoms with Gasteiger partial charge in [-0.15, -0.1) is 0 Å². The van der Waals surface area contributed by atoms with Crippen molar-refractivity contribution < 1.29 is 9.59 Å². The lowest BCUT2D eigenvalue weighted by atomic mass is 10.0. The molecule has 0 bridgehead atoms. The molecule has 1 unspecified atom stereocenters. The summed E-state index contributed by atoms with van der Waals surface area (Å²) in [4.78, 5) is 28.6. The minimum atomic E-state index is -0.0418. The molecule has 0 aromatic heterocycles. The number of carbonyl (C=O) groups is 2. The average molecular weight is 400 g/mol. The molecule has 148 valence electrons. The number of piperazine rings is 1. The van der Waals surface area contributed by atoms with Crippen LogP contribution in [0.1, 0.15) is 30.5 Å². The van der Waals surface area contributed by atoms with Crippen LogP contribution in [0.5, 0.6) is 0 Å². The summed E-state index contributed by atoms with van der Waals surface area (Å²) in [6, 6.07) is 17.5. The Morgan fingerprint density at radius 3 is 2.68 bits per heavy atom. The Kier molecular flexibility index (Phi) is 7.06. The maximum absolute atomic E-state index is 13.0. The van der Waals surface area contributed by atoms with Crippen molar-refractivity contribution in [2.75, 3.05) is 26.2 Å². The van der Waals surface area contributed by atoms with Crippen LogP contribution in [0.3, 0.4) is 0 Å². The standard InChI is InChI=1S/C22H26ClN3O2/c1-17(27)25(16-18-6-3-2-4-7-18)12-10-22(28)26-13-11-24-15-21(26)19-8-5-9-20(23)14-19/h2-9,14,21,24H,10-13,15-16H2,1H3. The lowest BCUT2D eigenvalue weighted by molar-refractivity contribution is -0.136. The van der Waals surface area contributed by atoms with Crippen LogP contribution in [0.25, 0.3) is 0 Å². The number of amides is 2. The molecule has 1 aliphatic heterocycles. The first-order valence-corrected chi connectivity index (χ1v) is 9.97. The number of benzene rings is 2. The topological polar surface area (TPSA) is 52.7 Å². The highest BCUT2D eigenvalue weighted by molar-refractivity contribution is 6.30. The van der Waals surface area contributed by atoms with Gasteiger partial charge in [0.25, 0.3) is 0 Å². The van der Waals surface area contributed by atoms with Crippen molar-refractivity contribution in [1.29, 1.82) is 0 Å². The zero-order chi connectivity index (χ0) is 19.9. The molecule has 5 nitrogen and oxygen atoms in total. The average Bonchev–Trinajstić information content (AvgIpc) is 2.71. The minimum Gasteiger partial charge on any atom is -0.338 e. The lowest BCUT2D eigenvalue weighted by Crippen LogP contribution is -2.49. The molecule has 1 aliphatic rings. The predicted molar refractivity (Wildman–Crippen MR) is 111 cm³/mol. The van der Waals surface area contributed by atoms with Crippen LogP contribution in [0.4, 0.5) is 0 Å². The van der Waals surface area contributed by atoms with Crippen molar-refractivity contribution in [3.8, 4) is 0 Å². The monoisotopic (exact) mass is 399 g/mol. The van der Waals surface area contributed by atoms with Crippen LogP contribution in [0, 0.1) is 0 Å². The zero-order valence-corrected chi connectivity index (χ0v) is 16.9.